The van der Waals surface area contributed by atoms with Gasteiger partial charge in [0.05, 0.1) is 0 Å². The molecule has 140 valence electrons. The lowest BCUT2D eigenvalue weighted by molar-refractivity contribution is -0.145. The molecule has 4 rings (SSSR count). The lowest BCUT2D eigenvalue weighted by Gasteiger charge is -2.33. The van der Waals surface area contributed by atoms with Gasteiger partial charge in [-0.25, -0.2) is 0 Å². The summed E-state index contributed by atoms with van der Waals surface area (Å²) in [7, 11) is 0. The molecule has 4 nitrogen and oxygen atoms in total. The van der Waals surface area contributed by atoms with Crippen LogP contribution in [-0.4, -0.2) is 35.8 Å². The van der Waals surface area contributed by atoms with E-state index in [1.54, 1.807) is 9.80 Å². The summed E-state index contributed by atoms with van der Waals surface area (Å²) >= 11 is 0. The average molecular weight is 362 g/mol. The Morgan fingerprint density at radius 2 is 1.59 bits per heavy atom. The summed E-state index contributed by atoms with van der Waals surface area (Å²) in [4.78, 5) is 29.2. The zero-order valence-corrected chi connectivity index (χ0v) is 15.8. The van der Waals surface area contributed by atoms with E-state index < -0.39 is 0 Å². The summed E-state index contributed by atoms with van der Waals surface area (Å²) in [6.07, 6.45) is 3.78. The fourth-order valence-corrected chi connectivity index (χ4v) is 4.40. The molecule has 2 aromatic rings. The van der Waals surface area contributed by atoms with Crippen LogP contribution in [0.25, 0.3) is 0 Å². The van der Waals surface area contributed by atoms with Gasteiger partial charge >= 0.3 is 11.8 Å². The zero-order valence-electron chi connectivity index (χ0n) is 15.8. The first kappa shape index (κ1) is 17.8. The first-order chi connectivity index (χ1) is 13.1. The first-order valence-corrected chi connectivity index (χ1v) is 9.88. The third-order valence-corrected chi connectivity index (χ3v) is 5.88. The molecular formula is C23H26N2O2. The molecule has 0 radical (unpaired) electrons. The number of fused-ring (bicyclic) bond motifs is 1. The maximum Gasteiger partial charge on any atom is 0.316 e. The highest BCUT2D eigenvalue weighted by Crippen LogP contribution is 2.32. The van der Waals surface area contributed by atoms with E-state index in [0.717, 1.165) is 36.9 Å². The Morgan fingerprint density at radius 3 is 2.33 bits per heavy atom. The molecule has 2 aliphatic rings. The number of benzene rings is 2. The van der Waals surface area contributed by atoms with Crippen LogP contribution in [-0.2, 0) is 22.4 Å². The molecule has 0 spiro atoms. The molecule has 0 aliphatic carbocycles. The number of carbonyl (C=O) groups is 2. The first-order valence-electron chi connectivity index (χ1n) is 9.88. The standard InChI is InChI=1S/C23H26N2O2/c1-17-15-20-9-5-6-10-21(20)25(17)23(27)22(26)24-13-11-19(12-14-24)16-18-7-3-2-4-8-18/h2-10,17,19H,11-16H2,1H3. The number of para-hydroxylation sites is 1. The summed E-state index contributed by atoms with van der Waals surface area (Å²) in [5, 5.41) is 0. The third kappa shape index (κ3) is 3.61. The van der Waals surface area contributed by atoms with E-state index in [-0.39, 0.29) is 17.9 Å². The number of nitrogens with zero attached hydrogens (tertiary/aromatic N) is 2. The van der Waals surface area contributed by atoms with Crippen molar-refractivity contribution in [3.05, 3.63) is 65.7 Å². The van der Waals surface area contributed by atoms with E-state index in [1.165, 1.54) is 5.56 Å². The van der Waals surface area contributed by atoms with Gasteiger partial charge in [-0.1, -0.05) is 48.5 Å². The van der Waals surface area contributed by atoms with Gasteiger partial charge in [0.1, 0.15) is 0 Å². The molecule has 2 aliphatic heterocycles. The molecule has 1 atom stereocenters. The maximum atomic E-state index is 12.9. The second kappa shape index (κ2) is 7.55. The molecule has 27 heavy (non-hydrogen) atoms. The minimum absolute atomic E-state index is 0.0365. The second-order valence-corrected chi connectivity index (χ2v) is 7.78. The smallest absolute Gasteiger partial charge is 0.316 e. The van der Waals surface area contributed by atoms with Crippen LogP contribution in [0.5, 0.6) is 0 Å². The topological polar surface area (TPSA) is 40.6 Å². The highest BCUT2D eigenvalue weighted by Gasteiger charge is 2.37. The Hall–Kier alpha value is -2.62. The predicted molar refractivity (Wildman–Crippen MR) is 107 cm³/mol. The van der Waals surface area contributed by atoms with Crippen molar-refractivity contribution in [3.63, 3.8) is 0 Å². The number of hydrogen-bond donors (Lipinski definition) is 0. The number of hydrogen-bond acceptors (Lipinski definition) is 2. The average Bonchev–Trinajstić information content (AvgIpc) is 3.04. The van der Waals surface area contributed by atoms with Crippen molar-refractivity contribution in [3.8, 4) is 0 Å². The van der Waals surface area contributed by atoms with Crippen molar-refractivity contribution in [1.82, 2.24) is 4.90 Å². The molecule has 1 unspecified atom stereocenters. The van der Waals surface area contributed by atoms with Gasteiger partial charge in [-0.05, 0) is 55.7 Å². The molecular weight excluding hydrogens is 336 g/mol. The minimum atomic E-state index is -0.381. The van der Waals surface area contributed by atoms with Gasteiger partial charge in [0, 0.05) is 24.8 Å². The number of likely N-dealkylation sites (tertiary alicyclic amines) is 1. The fraction of sp³-hybridized carbons (Fsp3) is 0.391. The van der Waals surface area contributed by atoms with Crippen LogP contribution in [0.4, 0.5) is 5.69 Å². The summed E-state index contributed by atoms with van der Waals surface area (Å²) in [6.45, 7) is 3.36. The Bertz CT molecular complexity index is 825. The van der Waals surface area contributed by atoms with E-state index >= 15 is 0 Å². The molecule has 1 saturated heterocycles. The van der Waals surface area contributed by atoms with Gasteiger partial charge in [-0.3, -0.25) is 9.59 Å². The van der Waals surface area contributed by atoms with Crippen molar-refractivity contribution in [2.75, 3.05) is 18.0 Å². The molecule has 0 saturated carbocycles. The van der Waals surface area contributed by atoms with Gasteiger partial charge in [-0.2, -0.15) is 0 Å². The highest BCUT2D eigenvalue weighted by atomic mass is 16.2. The second-order valence-electron chi connectivity index (χ2n) is 7.78. The Balaban J connectivity index is 1.37. The minimum Gasteiger partial charge on any atom is -0.334 e. The monoisotopic (exact) mass is 362 g/mol. The zero-order chi connectivity index (χ0) is 18.8. The number of amides is 2. The van der Waals surface area contributed by atoms with Crippen molar-refractivity contribution < 1.29 is 9.59 Å². The Labute approximate surface area is 160 Å². The van der Waals surface area contributed by atoms with Crippen LogP contribution in [0.2, 0.25) is 0 Å². The normalized spacial score (nSPS) is 19.8. The van der Waals surface area contributed by atoms with Gasteiger partial charge in [0.25, 0.3) is 0 Å². The van der Waals surface area contributed by atoms with Crippen LogP contribution in [0.15, 0.2) is 54.6 Å². The largest absolute Gasteiger partial charge is 0.334 e. The number of carbonyl (C=O) groups excluding carboxylic acids is 2. The fourth-order valence-electron chi connectivity index (χ4n) is 4.40. The molecule has 4 heteroatoms. The predicted octanol–water partition coefficient (Wildman–Crippen LogP) is 3.45. The summed E-state index contributed by atoms with van der Waals surface area (Å²) in [6, 6.07) is 18.4. The van der Waals surface area contributed by atoms with Crippen molar-refractivity contribution in [2.24, 2.45) is 5.92 Å². The van der Waals surface area contributed by atoms with Crippen molar-refractivity contribution in [1.29, 1.82) is 0 Å². The molecule has 0 N–H and O–H groups in total. The van der Waals surface area contributed by atoms with E-state index in [9.17, 15) is 9.59 Å². The van der Waals surface area contributed by atoms with E-state index in [0.29, 0.717) is 19.0 Å². The van der Waals surface area contributed by atoms with E-state index in [1.807, 2.05) is 37.3 Å². The van der Waals surface area contributed by atoms with Crippen LogP contribution >= 0.6 is 0 Å². The molecule has 0 bridgehead atoms. The number of rotatable bonds is 2. The summed E-state index contributed by atoms with van der Waals surface area (Å²) in [5.41, 5.74) is 3.39. The number of piperidine rings is 1. The van der Waals surface area contributed by atoms with Gasteiger partial charge < -0.3 is 9.80 Å². The van der Waals surface area contributed by atoms with Crippen LogP contribution in [0.1, 0.15) is 30.9 Å². The lowest BCUT2D eigenvalue weighted by Crippen LogP contribution is -2.49. The van der Waals surface area contributed by atoms with Crippen LogP contribution < -0.4 is 4.90 Å². The molecule has 0 aromatic heterocycles. The van der Waals surface area contributed by atoms with Crippen LogP contribution in [0.3, 0.4) is 0 Å². The molecule has 1 fully saturated rings. The Morgan fingerprint density at radius 1 is 0.926 bits per heavy atom. The SMILES string of the molecule is CC1Cc2ccccc2N1C(=O)C(=O)N1CCC(Cc2ccccc2)CC1. The molecule has 2 amide bonds. The highest BCUT2D eigenvalue weighted by molar-refractivity contribution is 6.40. The number of anilines is 1. The molecule has 2 aromatic carbocycles. The van der Waals surface area contributed by atoms with Crippen molar-refractivity contribution >= 4 is 17.5 Å². The van der Waals surface area contributed by atoms with E-state index in [2.05, 4.69) is 24.3 Å². The summed E-state index contributed by atoms with van der Waals surface area (Å²) < 4.78 is 0. The maximum absolute atomic E-state index is 12.9. The molecule has 2 heterocycles. The lowest BCUT2D eigenvalue weighted by atomic mass is 9.90. The van der Waals surface area contributed by atoms with Gasteiger partial charge in [-0.15, -0.1) is 0 Å². The van der Waals surface area contributed by atoms with Crippen LogP contribution in [0, 0.1) is 5.92 Å². The Kier molecular flexibility index (Phi) is 4.97. The summed E-state index contributed by atoms with van der Waals surface area (Å²) in [5.74, 6) is -0.149. The van der Waals surface area contributed by atoms with Gasteiger partial charge in [0.2, 0.25) is 0 Å². The van der Waals surface area contributed by atoms with Crippen molar-refractivity contribution in [2.45, 2.75) is 38.6 Å². The van der Waals surface area contributed by atoms with Gasteiger partial charge in [0.15, 0.2) is 0 Å². The third-order valence-electron chi connectivity index (χ3n) is 5.88. The van der Waals surface area contributed by atoms with E-state index in [4.69, 9.17) is 0 Å². The quantitative estimate of drug-likeness (QED) is 0.768.